The Morgan fingerprint density at radius 3 is 1.71 bits per heavy atom. The number of hydrogen-bond acceptors (Lipinski definition) is 2. The first kappa shape index (κ1) is 13.5. The van der Waals surface area contributed by atoms with Crippen LogP contribution >= 0.6 is 0 Å². The van der Waals surface area contributed by atoms with Gasteiger partial charge in [0.2, 0.25) is 0 Å². The van der Waals surface area contributed by atoms with Crippen LogP contribution in [-0.4, -0.2) is 9.97 Å². The average Bonchev–Trinajstić information content (AvgIpc) is 2.56. The van der Waals surface area contributed by atoms with E-state index in [1.54, 1.807) is 0 Å². The van der Waals surface area contributed by atoms with Gasteiger partial charge in [-0.3, -0.25) is 0 Å². The summed E-state index contributed by atoms with van der Waals surface area (Å²) in [7, 11) is 0. The Kier molecular flexibility index (Phi) is 3.78. The molecule has 2 heteroatoms. The fourth-order valence-electron chi connectivity index (χ4n) is 2.24. The van der Waals surface area contributed by atoms with Crippen molar-refractivity contribution >= 4 is 0 Å². The molecule has 2 aromatic carbocycles. The second kappa shape index (κ2) is 5.88. The molecule has 0 spiro atoms. The molecule has 0 saturated carbocycles. The highest BCUT2D eigenvalue weighted by molar-refractivity contribution is 5.67. The highest BCUT2D eigenvalue weighted by Gasteiger charge is 2.02. The summed E-state index contributed by atoms with van der Waals surface area (Å²) in [6, 6.07) is 17.0. The first-order valence-electron chi connectivity index (χ1n) is 7.24. The van der Waals surface area contributed by atoms with E-state index in [0.717, 1.165) is 23.4 Å². The van der Waals surface area contributed by atoms with Crippen molar-refractivity contribution in [2.75, 3.05) is 0 Å². The Bertz CT molecular complexity index is 711. The predicted molar refractivity (Wildman–Crippen MR) is 87.0 cm³/mol. The maximum absolute atomic E-state index is 4.42. The monoisotopic (exact) mass is 274 g/mol. The number of nitrogens with zero attached hydrogens (tertiary/aromatic N) is 2. The third-order valence-electron chi connectivity index (χ3n) is 3.64. The Balaban J connectivity index is 1.87. The van der Waals surface area contributed by atoms with Gasteiger partial charge < -0.3 is 0 Å². The standard InChI is InChI=1S/C19H18N2/c1-3-15-12-20-19(21-13-15)18-10-8-17(9-11-18)16-6-4-14(2)5-7-16/h4-13H,3H2,1-2H3. The van der Waals surface area contributed by atoms with E-state index in [-0.39, 0.29) is 0 Å². The van der Waals surface area contributed by atoms with Gasteiger partial charge in [0.1, 0.15) is 0 Å². The topological polar surface area (TPSA) is 25.8 Å². The van der Waals surface area contributed by atoms with Gasteiger partial charge in [-0.05, 0) is 30.0 Å². The van der Waals surface area contributed by atoms with E-state index < -0.39 is 0 Å². The van der Waals surface area contributed by atoms with Crippen LogP contribution in [0.5, 0.6) is 0 Å². The molecule has 0 N–H and O–H groups in total. The van der Waals surface area contributed by atoms with E-state index in [1.807, 2.05) is 12.4 Å². The quantitative estimate of drug-likeness (QED) is 0.693. The third kappa shape index (κ3) is 3.00. The van der Waals surface area contributed by atoms with Crippen molar-refractivity contribution < 1.29 is 0 Å². The molecule has 0 saturated heterocycles. The normalized spacial score (nSPS) is 10.6. The first-order chi connectivity index (χ1) is 10.3. The molecular weight excluding hydrogens is 256 g/mol. The zero-order valence-electron chi connectivity index (χ0n) is 12.4. The summed E-state index contributed by atoms with van der Waals surface area (Å²) in [6.07, 6.45) is 4.76. The predicted octanol–water partition coefficient (Wildman–Crippen LogP) is 4.68. The van der Waals surface area contributed by atoms with E-state index in [9.17, 15) is 0 Å². The second-order valence-electron chi connectivity index (χ2n) is 5.21. The zero-order valence-corrected chi connectivity index (χ0v) is 12.4. The lowest BCUT2D eigenvalue weighted by atomic mass is 10.0. The molecule has 3 aromatic rings. The Hall–Kier alpha value is -2.48. The molecular formula is C19H18N2. The van der Waals surface area contributed by atoms with Crippen molar-refractivity contribution in [3.63, 3.8) is 0 Å². The minimum Gasteiger partial charge on any atom is -0.236 e. The van der Waals surface area contributed by atoms with Gasteiger partial charge in [0.25, 0.3) is 0 Å². The summed E-state index contributed by atoms with van der Waals surface area (Å²) >= 11 is 0. The number of rotatable bonds is 3. The van der Waals surface area contributed by atoms with Crippen LogP contribution in [0.25, 0.3) is 22.5 Å². The zero-order chi connectivity index (χ0) is 14.7. The fourth-order valence-corrected chi connectivity index (χ4v) is 2.24. The first-order valence-corrected chi connectivity index (χ1v) is 7.24. The van der Waals surface area contributed by atoms with Gasteiger partial charge in [0.05, 0.1) is 0 Å². The van der Waals surface area contributed by atoms with Crippen molar-refractivity contribution in [2.24, 2.45) is 0 Å². The number of aryl methyl sites for hydroxylation is 2. The van der Waals surface area contributed by atoms with Crippen LogP contribution in [0.2, 0.25) is 0 Å². The highest BCUT2D eigenvalue weighted by Crippen LogP contribution is 2.23. The molecule has 0 aliphatic heterocycles. The van der Waals surface area contributed by atoms with E-state index in [0.29, 0.717) is 0 Å². The van der Waals surface area contributed by atoms with E-state index >= 15 is 0 Å². The van der Waals surface area contributed by atoms with Crippen molar-refractivity contribution in [1.82, 2.24) is 9.97 Å². The van der Waals surface area contributed by atoms with Crippen LogP contribution in [0.3, 0.4) is 0 Å². The maximum atomic E-state index is 4.42. The lowest BCUT2D eigenvalue weighted by molar-refractivity contribution is 1.05. The second-order valence-corrected chi connectivity index (χ2v) is 5.21. The molecule has 0 amide bonds. The van der Waals surface area contributed by atoms with Gasteiger partial charge in [-0.2, -0.15) is 0 Å². The SMILES string of the molecule is CCc1cnc(-c2ccc(-c3ccc(C)cc3)cc2)nc1. The summed E-state index contributed by atoms with van der Waals surface area (Å²) in [5.41, 5.74) is 5.93. The molecule has 0 aliphatic carbocycles. The Morgan fingerprint density at radius 1 is 0.714 bits per heavy atom. The van der Waals surface area contributed by atoms with Crippen LogP contribution < -0.4 is 0 Å². The van der Waals surface area contributed by atoms with Gasteiger partial charge in [0.15, 0.2) is 5.82 Å². The van der Waals surface area contributed by atoms with Crippen molar-refractivity contribution in [3.8, 4) is 22.5 Å². The van der Waals surface area contributed by atoms with Crippen molar-refractivity contribution in [1.29, 1.82) is 0 Å². The van der Waals surface area contributed by atoms with Crippen LogP contribution in [0.1, 0.15) is 18.1 Å². The molecule has 0 atom stereocenters. The Morgan fingerprint density at radius 2 is 1.19 bits per heavy atom. The lowest BCUT2D eigenvalue weighted by Gasteiger charge is -2.05. The molecule has 1 aromatic heterocycles. The molecule has 3 rings (SSSR count). The van der Waals surface area contributed by atoms with Gasteiger partial charge in [-0.15, -0.1) is 0 Å². The summed E-state index contributed by atoms with van der Waals surface area (Å²) in [4.78, 5) is 8.85. The highest BCUT2D eigenvalue weighted by atomic mass is 14.9. The molecule has 21 heavy (non-hydrogen) atoms. The summed E-state index contributed by atoms with van der Waals surface area (Å²) in [5, 5.41) is 0. The van der Waals surface area contributed by atoms with Gasteiger partial charge in [-0.25, -0.2) is 9.97 Å². The third-order valence-corrected chi connectivity index (χ3v) is 3.64. The van der Waals surface area contributed by atoms with Crippen molar-refractivity contribution in [3.05, 3.63) is 72.1 Å². The van der Waals surface area contributed by atoms with E-state index in [2.05, 4.69) is 72.3 Å². The van der Waals surface area contributed by atoms with E-state index in [1.165, 1.54) is 16.7 Å². The van der Waals surface area contributed by atoms with Gasteiger partial charge in [-0.1, -0.05) is 61.0 Å². The molecule has 1 heterocycles. The molecule has 0 fully saturated rings. The minimum atomic E-state index is 0.780. The molecule has 0 aliphatic rings. The molecule has 104 valence electrons. The number of hydrogen-bond donors (Lipinski definition) is 0. The van der Waals surface area contributed by atoms with Gasteiger partial charge >= 0.3 is 0 Å². The summed E-state index contributed by atoms with van der Waals surface area (Å²) < 4.78 is 0. The average molecular weight is 274 g/mol. The van der Waals surface area contributed by atoms with Crippen LogP contribution in [-0.2, 0) is 6.42 Å². The summed E-state index contributed by atoms with van der Waals surface area (Å²) in [5.74, 6) is 0.780. The van der Waals surface area contributed by atoms with Gasteiger partial charge in [0, 0.05) is 18.0 Å². The number of aromatic nitrogens is 2. The fraction of sp³-hybridized carbons (Fsp3) is 0.158. The molecule has 0 radical (unpaired) electrons. The molecule has 0 unspecified atom stereocenters. The van der Waals surface area contributed by atoms with E-state index in [4.69, 9.17) is 0 Å². The van der Waals surface area contributed by atoms with Crippen LogP contribution in [0, 0.1) is 6.92 Å². The van der Waals surface area contributed by atoms with Crippen LogP contribution in [0.15, 0.2) is 60.9 Å². The maximum Gasteiger partial charge on any atom is 0.159 e. The number of benzene rings is 2. The van der Waals surface area contributed by atoms with Crippen molar-refractivity contribution in [2.45, 2.75) is 20.3 Å². The lowest BCUT2D eigenvalue weighted by Crippen LogP contribution is -1.91. The summed E-state index contributed by atoms with van der Waals surface area (Å²) in [6.45, 7) is 4.21. The Labute approximate surface area is 125 Å². The van der Waals surface area contributed by atoms with Crippen LogP contribution in [0.4, 0.5) is 0 Å². The molecule has 0 bridgehead atoms. The largest absolute Gasteiger partial charge is 0.236 e. The molecule has 2 nitrogen and oxygen atoms in total. The minimum absolute atomic E-state index is 0.780. The smallest absolute Gasteiger partial charge is 0.159 e.